The topological polar surface area (TPSA) is 108 Å². The van der Waals surface area contributed by atoms with Gasteiger partial charge in [0.15, 0.2) is 0 Å². The van der Waals surface area contributed by atoms with Gasteiger partial charge in [0.1, 0.15) is 17.9 Å². The minimum absolute atomic E-state index is 0.0600. The number of halogens is 1. The van der Waals surface area contributed by atoms with Crippen LogP contribution in [0.15, 0.2) is 48.5 Å². The zero-order chi connectivity index (χ0) is 24.4. The van der Waals surface area contributed by atoms with Crippen molar-refractivity contribution < 1.29 is 23.6 Å². The lowest BCUT2D eigenvalue weighted by Crippen LogP contribution is -2.44. The molecule has 1 heterocycles. The lowest BCUT2D eigenvalue weighted by atomic mass is 9.84. The molecule has 0 saturated carbocycles. The van der Waals surface area contributed by atoms with Gasteiger partial charge in [0.25, 0.3) is 5.91 Å². The Labute approximate surface area is 191 Å². The smallest absolute Gasteiger partial charge is 0.325 e. The molecular weight excluding hydrogens is 427 g/mol. The molecule has 8 nitrogen and oxygen atoms in total. The normalized spacial score (nSPS) is 18.2. The van der Waals surface area contributed by atoms with E-state index in [2.05, 4.69) is 36.7 Å². The summed E-state index contributed by atoms with van der Waals surface area (Å²) < 4.78 is 12.9. The fourth-order valence-electron chi connectivity index (χ4n) is 3.46. The maximum atomic E-state index is 13.0. The number of carbonyl (C=O) groups excluding carboxylic acids is 4. The van der Waals surface area contributed by atoms with Gasteiger partial charge >= 0.3 is 6.03 Å². The molecule has 33 heavy (non-hydrogen) atoms. The maximum Gasteiger partial charge on any atom is 0.325 e. The van der Waals surface area contributed by atoms with Crippen LogP contribution in [-0.2, 0) is 25.3 Å². The summed E-state index contributed by atoms with van der Waals surface area (Å²) in [6, 6.07) is 11.9. The van der Waals surface area contributed by atoms with E-state index >= 15 is 0 Å². The minimum atomic E-state index is -1.30. The van der Waals surface area contributed by atoms with Crippen molar-refractivity contribution in [2.75, 3.05) is 18.4 Å². The van der Waals surface area contributed by atoms with Crippen LogP contribution >= 0.6 is 0 Å². The summed E-state index contributed by atoms with van der Waals surface area (Å²) in [4.78, 5) is 50.5. The van der Waals surface area contributed by atoms with E-state index in [9.17, 15) is 23.6 Å². The lowest BCUT2D eigenvalue weighted by Gasteiger charge is -2.24. The first-order valence-corrected chi connectivity index (χ1v) is 10.5. The Bertz CT molecular complexity index is 1080. The molecule has 0 spiro atoms. The van der Waals surface area contributed by atoms with E-state index in [0.29, 0.717) is 11.3 Å². The minimum Gasteiger partial charge on any atom is -0.345 e. The summed E-state index contributed by atoms with van der Waals surface area (Å²) >= 11 is 0. The first kappa shape index (κ1) is 23.9. The Kier molecular flexibility index (Phi) is 6.53. The molecule has 1 aliphatic heterocycles. The number of hydrogen-bond donors (Lipinski definition) is 3. The molecule has 3 rings (SSSR count). The average Bonchev–Trinajstić information content (AvgIpc) is 2.97. The van der Waals surface area contributed by atoms with Crippen LogP contribution in [0.4, 0.5) is 14.9 Å². The van der Waals surface area contributed by atoms with E-state index in [1.54, 1.807) is 19.1 Å². The molecule has 174 valence electrons. The molecule has 0 bridgehead atoms. The van der Waals surface area contributed by atoms with Crippen LogP contribution < -0.4 is 16.0 Å². The number of imide groups is 1. The van der Waals surface area contributed by atoms with E-state index in [0.717, 1.165) is 10.5 Å². The predicted molar refractivity (Wildman–Crippen MR) is 121 cm³/mol. The third-order valence-electron chi connectivity index (χ3n) is 5.48. The van der Waals surface area contributed by atoms with E-state index in [1.165, 1.54) is 24.3 Å². The Balaban J connectivity index is 1.59. The summed E-state index contributed by atoms with van der Waals surface area (Å²) in [5, 5.41) is 7.54. The van der Waals surface area contributed by atoms with Crippen molar-refractivity contribution in [3.63, 3.8) is 0 Å². The highest BCUT2D eigenvalue weighted by Gasteiger charge is 2.49. The highest BCUT2D eigenvalue weighted by Crippen LogP contribution is 2.31. The highest BCUT2D eigenvalue weighted by molar-refractivity contribution is 6.09. The molecule has 2 aromatic carbocycles. The molecule has 1 unspecified atom stereocenters. The summed E-state index contributed by atoms with van der Waals surface area (Å²) in [7, 11) is 0. The Morgan fingerprint density at radius 1 is 1.00 bits per heavy atom. The van der Waals surface area contributed by atoms with Gasteiger partial charge in [0, 0.05) is 5.69 Å². The van der Waals surface area contributed by atoms with Gasteiger partial charge in [-0.2, -0.15) is 0 Å². The van der Waals surface area contributed by atoms with E-state index in [4.69, 9.17) is 0 Å². The summed E-state index contributed by atoms with van der Waals surface area (Å²) in [5.41, 5.74) is 0.707. The largest absolute Gasteiger partial charge is 0.345 e. The molecule has 1 saturated heterocycles. The quantitative estimate of drug-likeness (QED) is 0.583. The number of amides is 5. The van der Waals surface area contributed by atoms with Crippen LogP contribution in [-0.4, -0.2) is 41.7 Å². The highest BCUT2D eigenvalue weighted by atomic mass is 19.1. The van der Waals surface area contributed by atoms with Gasteiger partial charge in [-0.05, 0) is 47.7 Å². The first-order valence-electron chi connectivity index (χ1n) is 10.5. The molecular formula is C24H27FN4O4. The molecule has 9 heteroatoms. The third kappa shape index (κ3) is 5.36. The number of rotatable bonds is 6. The number of benzene rings is 2. The third-order valence-corrected chi connectivity index (χ3v) is 5.48. The second kappa shape index (κ2) is 9.01. The predicted octanol–water partition coefficient (Wildman–Crippen LogP) is 2.65. The van der Waals surface area contributed by atoms with Gasteiger partial charge in [-0.1, -0.05) is 45.0 Å². The van der Waals surface area contributed by atoms with Crippen molar-refractivity contribution in [2.24, 2.45) is 0 Å². The average molecular weight is 455 g/mol. The summed E-state index contributed by atoms with van der Waals surface area (Å²) in [6.45, 7) is 6.93. The van der Waals surface area contributed by atoms with Gasteiger partial charge in [-0.25, -0.2) is 9.18 Å². The van der Waals surface area contributed by atoms with Crippen LogP contribution in [0.25, 0.3) is 0 Å². The molecule has 0 aromatic heterocycles. The number of nitrogens with zero attached hydrogens (tertiary/aromatic N) is 1. The summed E-state index contributed by atoms with van der Waals surface area (Å²) in [6.07, 6.45) is 0. The van der Waals surface area contributed by atoms with Crippen molar-refractivity contribution in [3.05, 3.63) is 65.5 Å². The molecule has 0 radical (unpaired) electrons. The fourth-order valence-corrected chi connectivity index (χ4v) is 3.46. The zero-order valence-electron chi connectivity index (χ0n) is 19.0. The van der Waals surface area contributed by atoms with Crippen molar-refractivity contribution in [1.82, 2.24) is 15.5 Å². The number of nitrogens with one attached hydrogen (secondary N) is 3. The maximum absolute atomic E-state index is 13.0. The monoisotopic (exact) mass is 454 g/mol. The standard InChI is InChI=1S/C24H27FN4O4/c1-23(2,3)15-5-7-16(8-6-15)24(4)21(32)29(22(33)28-24)14-20(31)26-13-19(30)27-18-11-9-17(25)10-12-18/h5-12H,13-14H2,1-4H3,(H,26,31)(H,27,30)(H,28,33). The SMILES string of the molecule is CC(C)(C)c1ccc(C2(C)NC(=O)N(CC(=O)NCC(=O)Nc3ccc(F)cc3)C2=O)cc1. The first-order chi connectivity index (χ1) is 15.4. The number of anilines is 1. The van der Waals surface area contributed by atoms with Crippen LogP contribution in [0.3, 0.4) is 0 Å². The molecule has 0 aliphatic carbocycles. The van der Waals surface area contributed by atoms with Crippen LogP contribution in [0.5, 0.6) is 0 Å². The Morgan fingerprint density at radius 2 is 1.61 bits per heavy atom. The molecule has 3 N–H and O–H groups in total. The van der Waals surface area contributed by atoms with Gasteiger partial charge in [0.05, 0.1) is 6.54 Å². The van der Waals surface area contributed by atoms with Crippen LogP contribution in [0, 0.1) is 5.82 Å². The van der Waals surface area contributed by atoms with Gasteiger partial charge in [-0.3, -0.25) is 19.3 Å². The second-order valence-electron chi connectivity index (χ2n) is 9.11. The molecule has 1 fully saturated rings. The van der Waals surface area contributed by atoms with Gasteiger partial charge < -0.3 is 16.0 Å². The van der Waals surface area contributed by atoms with E-state index in [1.807, 2.05) is 12.1 Å². The molecule has 1 aliphatic rings. The Morgan fingerprint density at radius 3 is 2.18 bits per heavy atom. The fraction of sp³-hybridized carbons (Fsp3) is 0.333. The number of carbonyl (C=O) groups is 4. The van der Waals surface area contributed by atoms with Crippen molar-refractivity contribution in [2.45, 2.75) is 38.6 Å². The summed E-state index contributed by atoms with van der Waals surface area (Å²) in [5.74, 6) is -2.19. The lowest BCUT2D eigenvalue weighted by molar-refractivity contribution is -0.135. The van der Waals surface area contributed by atoms with E-state index in [-0.39, 0.29) is 12.0 Å². The molecule has 5 amide bonds. The van der Waals surface area contributed by atoms with Gasteiger partial charge in [-0.15, -0.1) is 0 Å². The zero-order valence-corrected chi connectivity index (χ0v) is 19.0. The molecule has 2 aromatic rings. The number of urea groups is 1. The van der Waals surface area contributed by atoms with E-state index < -0.39 is 41.7 Å². The van der Waals surface area contributed by atoms with Gasteiger partial charge in [0.2, 0.25) is 11.8 Å². The van der Waals surface area contributed by atoms with Crippen LogP contribution in [0.1, 0.15) is 38.8 Å². The van der Waals surface area contributed by atoms with Crippen molar-refractivity contribution in [3.8, 4) is 0 Å². The van der Waals surface area contributed by atoms with Crippen molar-refractivity contribution in [1.29, 1.82) is 0 Å². The number of hydrogen-bond acceptors (Lipinski definition) is 4. The molecule has 1 atom stereocenters. The second-order valence-corrected chi connectivity index (χ2v) is 9.11. The van der Waals surface area contributed by atoms with Crippen molar-refractivity contribution >= 4 is 29.4 Å². The van der Waals surface area contributed by atoms with Crippen LogP contribution in [0.2, 0.25) is 0 Å². The Hall–Kier alpha value is -3.75.